The van der Waals surface area contributed by atoms with E-state index in [1.54, 1.807) is 0 Å². The summed E-state index contributed by atoms with van der Waals surface area (Å²) in [7, 11) is 0. The van der Waals surface area contributed by atoms with Gasteiger partial charge in [-0.3, -0.25) is 0 Å². The average Bonchev–Trinajstić information content (AvgIpc) is 2.45. The van der Waals surface area contributed by atoms with Gasteiger partial charge in [0, 0.05) is 12.3 Å². The van der Waals surface area contributed by atoms with Crippen molar-refractivity contribution in [2.75, 3.05) is 0 Å². The Morgan fingerprint density at radius 3 is 2.78 bits per heavy atom. The van der Waals surface area contributed by atoms with Crippen molar-refractivity contribution in [3.63, 3.8) is 0 Å². The van der Waals surface area contributed by atoms with E-state index in [2.05, 4.69) is 6.92 Å². The molecule has 2 nitrogen and oxygen atoms in total. The van der Waals surface area contributed by atoms with E-state index >= 15 is 0 Å². The Labute approximate surface area is 54.8 Å². The molecule has 1 aliphatic heterocycles. The van der Waals surface area contributed by atoms with Gasteiger partial charge in [-0.15, -0.1) is 0 Å². The van der Waals surface area contributed by atoms with Crippen LogP contribution in [0.5, 0.6) is 0 Å². The van der Waals surface area contributed by atoms with E-state index in [9.17, 15) is 5.11 Å². The van der Waals surface area contributed by atoms with E-state index in [1.165, 1.54) is 0 Å². The molecule has 2 aliphatic rings. The second-order valence-corrected chi connectivity index (χ2v) is 3.01. The lowest BCUT2D eigenvalue weighted by molar-refractivity contribution is 0.0728. The summed E-state index contributed by atoms with van der Waals surface area (Å²) in [6, 6.07) is 0. The van der Waals surface area contributed by atoms with Crippen molar-refractivity contribution in [3.05, 3.63) is 0 Å². The molecule has 9 heavy (non-hydrogen) atoms. The van der Waals surface area contributed by atoms with E-state index < -0.39 is 0 Å². The molecule has 0 bridgehead atoms. The number of fused-ring (bicyclic) bond motifs is 1. The van der Waals surface area contributed by atoms with Crippen LogP contribution in [0.3, 0.4) is 0 Å². The first-order valence-corrected chi connectivity index (χ1v) is 3.66. The zero-order valence-corrected chi connectivity index (χ0v) is 5.58. The summed E-state index contributed by atoms with van der Waals surface area (Å²) >= 11 is 0. The number of ether oxygens (including phenoxy) is 1. The zero-order chi connectivity index (χ0) is 6.43. The molecule has 0 amide bonds. The van der Waals surface area contributed by atoms with E-state index in [-0.39, 0.29) is 6.10 Å². The Balaban J connectivity index is 2.02. The van der Waals surface area contributed by atoms with E-state index in [0.717, 1.165) is 12.8 Å². The molecule has 0 radical (unpaired) electrons. The first kappa shape index (κ1) is 5.69. The highest BCUT2D eigenvalue weighted by Gasteiger charge is 2.53. The molecular formula is C7H12O2. The van der Waals surface area contributed by atoms with Gasteiger partial charge in [-0.25, -0.2) is 0 Å². The van der Waals surface area contributed by atoms with Gasteiger partial charge < -0.3 is 9.84 Å². The summed E-state index contributed by atoms with van der Waals surface area (Å²) in [5, 5.41) is 9.31. The van der Waals surface area contributed by atoms with Crippen LogP contribution in [0.25, 0.3) is 0 Å². The smallest absolute Gasteiger partial charge is 0.0895 e. The minimum absolute atomic E-state index is 0.0706. The summed E-state index contributed by atoms with van der Waals surface area (Å²) < 4.78 is 5.27. The van der Waals surface area contributed by atoms with Crippen molar-refractivity contribution in [1.82, 2.24) is 0 Å². The molecular weight excluding hydrogens is 116 g/mol. The lowest BCUT2D eigenvalue weighted by atomic mass is 10.0. The molecule has 52 valence electrons. The predicted molar refractivity (Wildman–Crippen MR) is 33.1 cm³/mol. The van der Waals surface area contributed by atoms with Crippen LogP contribution in [0.15, 0.2) is 0 Å². The van der Waals surface area contributed by atoms with Crippen molar-refractivity contribution >= 4 is 0 Å². The summed E-state index contributed by atoms with van der Waals surface area (Å²) in [6.45, 7) is 2.11. The molecule has 0 aromatic heterocycles. The van der Waals surface area contributed by atoms with E-state index in [0.29, 0.717) is 18.1 Å². The first-order valence-electron chi connectivity index (χ1n) is 3.66. The average molecular weight is 128 g/mol. The van der Waals surface area contributed by atoms with E-state index in [1.807, 2.05) is 0 Å². The highest BCUT2D eigenvalue weighted by atomic mass is 16.6. The third-order valence-corrected chi connectivity index (χ3v) is 2.48. The molecule has 2 fully saturated rings. The van der Waals surface area contributed by atoms with Crippen LogP contribution in [0.4, 0.5) is 0 Å². The normalized spacial score (nSPS) is 55.3. The quantitative estimate of drug-likeness (QED) is 0.523. The topological polar surface area (TPSA) is 32.8 Å². The molecule has 1 saturated heterocycles. The molecule has 0 spiro atoms. The van der Waals surface area contributed by atoms with Crippen LogP contribution in [-0.4, -0.2) is 23.4 Å². The Hall–Kier alpha value is -0.0800. The van der Waals surface area contributed by atoms with Crippen molar-refractivity contribution in [2.45, 2.75) is 38.1 Å². The number of epoxide rings is 1. The molecule has 1 heterocycles. The Kier molecular flexibility index (Phi) is 1.08. The number of rotatable bonds is 1. The van der Waals surface area contributed by atoms with Crippen LogP contribution in [-0.2, 0) is 4.74 Å². The lowest BCUT2D eigenvalue weighted by Gasteiger charge is -2.12. The third-order valence-electron chi connectivity index (χ3n) is 2.48. The van der Waals surface area contributed by atoms with Crippen LogP contribution >= 0.6 is 0 Å². The van der Waals surface area contributed by atoms with Gasteiger partial charge in [0.2, 0.25) is 0 Å². The van der Waals surface area contributed by atoms with Gasteiger partial charge in [-0.05, 0) is 6.42 Å². The standard InChI is InChI=1S/C7H12O2/c1-2-4-5(8)3-6-7(4)9-6/h4-8H,2-3H2,1H3/t4-,5+,6-,7+/m1/s1. The summed E-state index contributed by atoms with van der Waals surface area (Å²) in [4.78, 5) is 0. The lowest BCUT2D eigenvalue weighted by Crippen LogP contribution is -2.18. The summed E-state index contributed by atoms with van der Waals surface area (Å²) in [5.41, 5.74) is 0. The Bertz CT molecular complexity index is 122. The van der Waals surface area contributed by atoms with Gasteiger partial charge in [-0.2, -0.15) is 0 Å². The first-order chi connectivity index (χ1) is 4.33. The van der Waals surface area contributed by atoms with Crippen LogP contribution < -0.4 is 0 Å². The van der Waals surface area contributed by atoms with Crippen LogP contribution in [0, 0.1) is 5.92 Å². The minimum atomic E-state index is -0.0706. The SMILES string of the molecule is CC[C@H]1[C@@H]2O[C@@H]2C[C@@H]1O. The number of aliphatic hydroxyl groups excluding tert-OH is 1. The molecule has 1 N–H and O–H groups in total. The Morgan fingerprint density at radius 1 is 1.67 bits per heavy atom. The number of hydrogen-bond donors (Lipinski definition) is 1. The van der Waals surface area contributed by atoms with Gasteiger partial charge >= 0.3 is 0 Å². The fourth-order valence-electron chi connectivity index (χ4n) is 1.86. The van der Waals surface area contributed by atoms with Crippen molar-refractivity contribution in [2.24, 2.45) is 5.92 Å². The van der Waals surface area contributed by atoms with Gasteiger partial charge in [-0.1, -0.05) is 6.92 Å². The maximum absolute atomic E-state index is 9.31. The van der Waals surface area contributed by atoms with Crippen LogP contribution in [0.2, 0.25) is 0 Å². The molecule has 0 aromatic rings. The zero-order valence-electron chi connectivity index (χ0n) is 5.58. The van der Waals surface area contributed by atoms with Crippen molar-refractivity contribution in [1.29, 1.82) is 0 Å². The minimum Gasteiger partial charge on any atom is -0.393 e. The van der Waals surface area contributed by atoms with Crippen molar-refractivity contribution < 1.29 is 9.84 Å². The number of aliphatic hydroxyl groups is 1. The highest BCUT2D eigenvalue weighted by molar-refractivity contribution is 5.01. The molecule has 2 rings (SSSR count). The monoisotopic (exact) mass is 128 g/mol. The Morgan fingerprint density at radius 2 is 2.44 bits per heavy atom. The van der Waals surface area contributed by atoms with Gasteiger partial charge in [0.05, 0.1) is 18.3 Å². The maximum atomic E-state index is 9.31. The van der Waals surface area contributed by atoms with Gasteiger partial charge in [0.15, 0.2) is 0 Å². The summed E-state index contributed by atoms with van der Waals surface area (Å²) in [6.07, 6.45) is 2.71. The molecule has 4 atom stereocenters. The second kappa shape index (κ2) is 1.70. The third kappa shape index (κ3) is 0.700. The molecule has 1 aliphatic carbocycles. The summed E-state index contributed by atoms with van der Waals surface area (Å²) in [5.74, 6) is 0.440. The molecule has 0 unspecified atom stereocenters. The maximum Gasteiger partial charge on any atom is 0.0895 e. The van der Waals surface area contributed by atoms with Gasteiger partial charge in [0.25, 0.3) is 0 Å². The molecule has 0 aromatic carbocycles. The highest BCUT2D eigenvalue weighted by Crippen LogP contribution is 2.44. The van der Waals surface area contributed by atoms with Gasteiger partial charge in [0.1, 0.15) is 0 Å². The molecule has 2 heteroatoms. The predicted octanol–water partition coefficient (Wildman–Crippen LogP) is 0.545. The fraction of sp³-hybridized carbons (Fsp3) is 1.00. The van der Waals surface area contributed by atoms with Crippen molar-refractivity contribution in [3.8, 4) is 0 Å². The number of hydrogen-bond acceptors (Lipinski definition) is 2. The molecule has 1 saturated carbocycles. The second-order valence-electron chi connectivity index (χ2n) is 3.01. The largest absolute Gasteiger partial charge is 0.393 e. The fourth-order valence-corrected chi connectivity index (χ4v) is 1.86. The van der Waals surface area contributed by atoms with Crippen LogP contribution in [0.1, 0.15) is 19.8 Å². The van der Waals surface area contributed by atoms with E-state index in [4.69, 9.17) is 4.74 Å².